The van der Waals surface area contributed by atoms with Crippen LogP contribution in [-0.2, 0) is 0 Å². The minimum Gasteiger partial charge on any atom is -0.309 e. The second-order valence-electron chi connectivity index (χ2n) is 13.7. The molecule has 0 N–H and O–H groups in total. The first-order valence-electron chi connectivity index (χ1n) is 17.8. The van der Waals surface area contributed by atoms with E-state index in [4.69, 9.17) is 0 Å². The highest BCUT2D eigenvalue weighted by molar-refractivity contribution is 6.14. The maximum absolute atomic E-state index is 2.48. The number of allylic oxidation sites excluding steroid dienone is 4. The van der Waals surface area contributed by atoms with Crippen LogP contribution in [0.3, 0.4) is 0 Å². The van der Waals surface area contributed by atoms with E-state index in [2.05, 4.69) is 190 Å². The Bertz CT molecular complexity index is 3020. The van der Waals surface area contributed by atoms with Gasteiger partial charge in [-0.3, -0.25) is 0 Å². The SMILES string of the molecule is C1=C(c2ccccc2)CCC=C1n1c2ccccc2c2ccc(-n3c4ccccc4c4cc(-n5c6ccccc6c6ccccc65)ccc43)cc21. The van der Waals surface area contributed by atoms with Crippen molar-refractivity contribution in [3.8, 4) is 11.4 Å². The fraction of sp³-hybridized carbons (Fsp3) is 0.0417. The Morgan fingerprint density at radius 3 is 1.45 bits per heavy atom. The highest BCUT2D eigenvalue weighted by Gasteiger charge is 2.19. The molecule has 1 aliphatic carbocycles. The smallest absolute Gasteiger partial charge is 0.0561 e. The van der Waals surface area contributed by atoms with Crippen LogP contribution in [-0.4, -0.2) is 13.7 Å². The third-order valence-electron chi connectivity index (χ3n) is 10.9. The zero-order valence-corrected chi connectivity index (χ0v) is 28.0. The van der Waals surface area contributed by atoms with E-state index in [0.717, 1.165) is 18.5 Å². The van der Waals surface area contributed by atoms with E-state index in [0.29, 0.717) is 0 Å². The highest BCUT2D eigenvalue weighted by Crippen LogP contribution is 2.40. The number of fused-ring (bicyclic) bond motifs is 9. The first kappa shape index (κ1) is 28.3. The van der Waals surface area contributed by atoms with Crippen molar-refractivity contribution in [2.75, 3.05) is 0 Å². The molecule has 11 rings (SSSR count). The Morgan fingerprint density at radius 1 is 0.353 bits per heavy atom. The summed E-state index contributed by atoms with van der Waals surface area (Å²) in [6.45, 7) is 0. The predicted octanol–water partition coefficient (Wildman–Crippen LogP) is 12.7. The van der Waals surface area contributed by atoms with Crippen molar-refractivity contribution in [1.29, 1.82) is 0 Å². The van der Waals surface area contributed by atoms with E-state index in [1.54, 1.807) is 0 Å². The molecule has 0 saturated carbocycles. The van der Waals surface area contributed by atoms with Gasteiger partial charge in [0, 0.05) is 49.4 Å². The van der Waals surface area contributed by atoms with E-state index < -0.39 is 0 Å². The molecule has 7 aromatic carbocycles. The zero-order chi connectivity index (χ0) is 33.5. The van der Waals surface area contributed by atoms with Gasteiger partial charge in [0.2, 0.25) is 0 Å². The van der Waals surface area contributed by atoms with Gasteiger partial charge in [0.15, 0.2) is 0 Å². The van der Waals surface area contributed by atoms with Crippen LogP contribution in [0.15, 0.2) is 176 Å². The van der Waals surface area contributed by atoms with Gasteiger partial charge in [-0.15, -0.1) is 0 Å². The summed E-state index contributed by atoms with van der Waals surface area (Å²) in [6, 6.07) is 60.0. The van der Waals surface area contributed by atoms with Crippen molar-refractivity contribution in [3.63, 3.8) is 0 Å². The van der Waals surface area contributed by atoms with Crippen LogP contribution in [0.2, 0.25) is 0 Å². The molecule has 51 heavy (non-hydrogen) atoms. The number of para-hydroxylation sites is 4. The van der Waals surface area contributed by atoms with Crippen LogP contribution < -0.4 is 0 Å². The van der Waals surface area contributed by atoms with Gasteiger partial charge >= 0.3 is 0 Å². The first-order valence-corrected chi connectivity index (χ1v) is 17.8. The number of aromatic nitrogens is 3. The molecule has 1 aliphatic rings. The van der Waals surface area contributed by atoms with Gasteiger partial charge in [0.25, 0.3) is 0 Å². The van der Waals surface area contributed by atoms with Crippen LogP contribution in [0.1, 0.15) is 18.4 Å². The lowest BCUT2D eigenvalue weighted by Gasteiger charge is -2.17. The molecule has 0 bridgehead atoms. The first-order chi connectivity index (χ1) is 25.3. The third-order valence-corrected chi connectivity index (χ3v) is 10.9. The minimum absolute atomic E-state index is 1.02. The van der Waals surface area contributed by atoms with Gasteiger partial charge in [0.1, 0.15) is 0 Å². The van der Waals surface area contributed by atoms with Crippen molar-refractivity contribution in [2.45, 2.75) is 12.8 Å². The molecular formula is C48H33N3. The zero-order valence-electron chi connectivity index (χ0n) is 28.0. The fourth-order valence-corrected chi connectivity index (χ4v) is 8.68. The second kappa shape index (κ2) is 11.0. The average Bonchev–Trinajstić information content (AvgIpc) is 3.83. The molecule has 10 aromatic rings. The molecule has 0 saturated heterocycles. The number of nitrogens with zero attached hydrogens (tertiary/aromatic N) is 3. The molecule has 0 aliphatic heterocycles. The van der Waals surface area contributed by atoms with Crippen LogP contribution in [0.4, 0.5) is 0 Å². The summed E-state index contributed by atoms with van der Waals surface area (Å²) in [5, 5.41) is 7.59. The van der Waals surface area contributed by atoms with Crippen molar-refractivity contribution >= 4 is 76.7 Å². The van der Waals surface area contributed by atoms with Crippen molar-refractivity contribution in [1.82, 2.24) is 13.7 Å². The van der Waals surface area contributed by atoms with E-state index in [1.165, 1.54) is 87.9 Å². The van der Waals surface area contributed by atoms with Gasteiger partial charge < -0.3 is 13.7 Å². The summed E-state index contributed by atoms with van der Waals surface area (Å²) >= 11 is 0. The van der Waals surface area contributed by atoms with E-state index >= 15 is 0 Å². The van der Waals surface area contributed by atoms with E-state index in [1.807, 2.05) is 0 Å². The van der Waals surface area contributed by atoms with E-state index in [-0.39, 0.29) is 0 Å². The number of hydrogen-bond donors (Lipinski definition) is 0. The third kappa shape index (κ3) is 4.18. The Morgan fingerprint density at radius 2 is 0.824 bits per heavy atom. The molecule has 3 aromatic heterocycles. The van der Waals surface area contributed by atoms with Gasteiger partial charge in [-0.25, -0.2) is 0 Å². The van der Waals surface area contributed by atoms with Crippen molar-refractivity contribution in [2.24, 2.45) is 0 Å². The van der Waals surface area contributed by atoms with Crippen molar-refractivity contribution in [3.05, 3.63) is 182 Å². The molecule has 3 heterocycles. The summed E-state index contributed by atoms with van der Waals surface area (Å²) < 4.78 is 7.34. The number of hydrogen-bond acceptors (Lipinski definition) is 0. The lowest BCUT2D eigenvalue weighted by Crippen LogP contribution is -2.01. The summed E-state index contributed by atoms with van der Waals surface area (Å²) in [4.78, 5) is 0. The van der Waals surface area contributed by atoms with Crippen LogP contribution >= 0.6 is 0 Å². The number of benzene rings is 7. The largest absolute Gasteiger partial charge is 0.309 e. The minimum atomic E-state index is 1.02. The summed E-state index contributed by atoms with van der Waals surface area (Å²) in [5.41, 5.74) is 13.6. The Balaban J connectivity index is 1.14. The molecule has 3 heteroatoms. The molecule has 0 unspecified atom stereocenters. The Labute approximate surface area is 295 Å². The molecule has 0 fully saturated rings. The van der Waals surface area contributed by atoms with Gasteiger partial charge in [-0.1, -0.05) is 115 Å². The van der Waals surface area contributed by atoms with Crippen LogP contribution in [0.5, 0.6) is 0 Å². The lowest BCUT2D eigenvalue weighted by atomic mass is 9.96. The van der Waals surface area contributed by atoms with Crippen LogP contribution in [0.25, 0.3) is 88.1 Å². The van der Waals surface area contributed by atoms with Gasteiger partial charge in [-0.2, -0.15) is 0 Å². The second-order valence-corrected chi connectivity index (χ2v) is 13.7. The summed E-state index contributed by atoms with van der Waals surface area (Å²) in [7, 11) is 0. The predicted molar refractivity (Wildman–Crippen MR) is 216 cm³/mol. The number of rotatable bonds is 4. The lowest BCUT2D eigenvalue weighted by molar-refractivity contribution is 1.03. The van der Waals surface area contributed by atoms with Gasteiger partial charge in [0.05, 0.1) is 33.1 Å². The maximum Gasteiger partial charge on any atom is 0.0561 e. The standard InChI is InChI=1S/C48H33N3/c1-2-13-32(14-3-1)33-15-12-16-34(29-33)51-45-23-10-6-19-39(45)41-27-25-36(31-48(41)51)50-46-24-11-7-20-40(46)42-30-35(26-28-47(42)50)49-43-21-8-4-17-37(43)38-18-5-9-22-44(38)49/h1-11,13-14,16-31H,12,15H2. The molecule has 3 nitrogen and oxygen atoms in total. The Hall–Kier alpha value is -6.58. The fourth-order valence-electron chi connectivity index (χ4n) is 8.68. The Kier molecular flexibility index (Phi) is 6.08. The molecular weight excluding hydrogens is 619 g/mol. The monoisotopic (exact) mass is 651 g/mol. The maximum atomic E-state index is 2.48. The summed E-state index contributed by atoms with van der Waals surface area (Å²) in [6.07, 6.45) is 6.87. The molecule has 0 amide bonds. The quantitative estimate of drug-likeness (QED) is 0.180. The normalized spacial score (nSPS) is 13.6. The topological polar surface area (TPSA) is 14.8 Å². The summed E-state index contributed by atoms with van der Waals surface area (Å²) in [5.74, 6) is 0. The molecule has 0 radical (unpaired) electrons. The van der Waals surface area contributed by atoms with Crippen LogP contribution in [0, 0.1) is 0 Å². The highest BCUT2D eigenvalue weighted by atomic mass is 15.0. The van der Waals surface area contributed by atoms with Gasteiger partial charge in [-0.05, 0) is 84.7 Å². The van der Waals surface area contributed by atoms with E-state index in [9.17, 15) is 0 Å². The molecule has 240 valence electrons. The van der Waals surface area contributed by atoms with Crippen molar-refractivity contribution < 1.29 is 0 Å². The molecule has 0 atom stereocenters. The molecule has 0 spiro atoms. The average molecular weight is 652 g/mol.